The second kappa shape index (κ2) is 4.27. The minimum absolute atomic E-state index is 0.0391. The molecule has 0 aromatic carbocycles. The molecule has 7 nitrogen and oxygen atoms in total. The van der Waals surface area contributed by atoms with Gasteiger partial charge in [0.05, 0.1) is 6.04 Å². The van der Waals surface area contributed by atoms with E-state index < -0.39 is 5.97 Å². The molecule has 2 heterocycles. The lowest BCUT2D eigenvalue weighted by molar-refractivity contribution is 0.0691. The third-order valence-corrected chi connectivity index (χ3v) is 2.68. The molecule has 1 atom stereocenters. The molecule has 0 saturated heterocycles. The zero-order chi connectivity index (χ0) is 11.5. The number of hydrogen-bond donors (Lipinski definition) is 3. The molecule has 84 valence electrons. The SMILES string of the molecule is CC(Nc1nc(C(=O)O)cs1)c1ncn[nH]1. The van der Waals surface area contributed by atoms with Gasteiger partial charge in [0.15, 0.2) is 10.8 Å². The number of rotatable bonds is 4. The highest BCUT2D eigenvalue weighted by molar-refractivity contribution is 7.13. The van der Waals surface area contributed by atoms with Gasteiger partial charge in [-0.15, -0.1) is 11.3 Å². The summed E-state index contributed by atoms with van der Waals surface area (Å²) in [5, 5.41) is 20.2. The van der Waals surface area contributed by atoms with Gasteiger partial charge >= 0.3 is 5.97 Å². The highest BCUT2D eigenvalue weighted by Crippen LogP contribution is 2.20. The molecule has 0 saturated carbocycles. The molecule has 0 fully saturated rings. The molecule has 2 aromatic heterocycles. The summed E-state index contributed by atoms with van der Waals surface area (Å²) in [6.45, 7) is 1.88. The predicted molar refractivity (Wildman–Crippen MR) is 57.5 cm³/mol. The van der Waals surface area contributed by atoms with Crippen LogP contribution < -0.4 is 5.32 Å². The molecular formula is C8H9N5O2S. The number of carboxylic acid groups (broad SMARTS) is 1. The van der Waals surface area contributed by atoms with Crippen LogP contribution in [0.3, 0.4) is 0 Å². The van der Waals surface area contributed by atoms with E-state index in [9.17, 15) is 4.79 Å². The van der Waals surface area contributed by atoms with Gasteiger partial charge in [-0.1, -0.05) is 0 Å². The number of thiazole rings is 1. The highest BCUT2D eigenvalue weighted by atomic mass is 32.1. The number of aromatic amines is 1. The molecule has 0 amide bonds. The molecule has 0 spiro atoms. The van der Waals surface area contributed by atoms with E-state index in [1.807, 2.05) is 6.92 Å². The minimum Gasteiger partial charge on any atom is -0.476 e. The van der Waals surface area contributed by atoms with E-state index in [1.54, 1.807) is 0 Å². The summed E-state index contributed by atoms with van der Waals surface area (Å²) in [7, 11) is 0. The van der Waals surface area contributed by atoms with Crippen LogP contribution in [0.15, 0.2) is 11.7 Å². The van der Waals surface area contributed by atoms with Crippen molar-refractivity contribution in [2.24, 2.45) is 0 Å². The van der Waals surface area contributed by atoms with Gasteiger partial charge in [-0.25, -0.2) is 14.8 Å². The Morgan fingerprint density at radius 1 is 1.69 bits per heavy atom. The lowest BCUT2D eigenvalue weighted by atomic mass is 10.3. The molecular weight excluding hydrogens is 230 g/mol. The van der Waals surface area contributed by atoms with Crippen molar-refractivity contribution in [2.75, 3.05) is 5.32 Å². The van der Waals surface area contributed by atoms with E-state index in [4.69, 9.17) is 5.11 Å². The molecule has 2 aromatic rings. The monoisotopic (exact) mass is 239 g/mol. The first kappa shape index (κ1) is 10.6. The normalized spacial score (nSPS) is 12.3. The average Bonchev–Trinajstić information content (AvgIpc) is 2.87. The number of aromatic nitrogens is 4. The van der Waals surface area contributed by atoms with E-state index >= 15 is 0 Å². The second-order valence-electron chi connectivity index (χ2n) is 3.08. The van der Waals surface area contributed by atoms with Gasteiger partial charge in [-0.3, -0.25) is 5.10 Å². The summed E-state index contributed by atoms with van der Waals surface area (Å²) < 4.78 is 0. The van der Waals surface area contributed by atoms with Gasteiger partial charge in [0, 0.05) is 5.38 Å². The topological polar surface area (TPSA) is 104 Å². The Morgan fingerprint density at radius 3 is 3.06 bits per heavy atom. The van der Waals surface area contributed by atoms with E-state index in [0.717, 1.165) is 0 Å². The fraction of sp³-hybridized carbons (Fsp3) is 0.250. The van der Waals surface area contributed by atoms with Crippen LogP contribution in [0, 0.1) is 0 Å². The highest BCUT2D eigenvalue weighted by Gasteiger charge is 2.12. The molecule has 0 bridgehead atoms. The Balaban J connectivity index is 2.06. The maximum atomic E-state index is 10.6. The van der Waals surface area contributed by atoms with Gasteiger partial charge < -0.3 is 10.4 Å². The van der Waals surface area contributed by atoms with Crippen LogP contribution >= 0.6 is 11.3 Å². The fourth-order valence-corrected chi connectivity index (χ4v) is 1.89. The second-order valence-corrected chi connectivity index (χ2v) is 3.94. The maximum absolute atomic E-state index is 10.6. The Morgan fingerprint density at radius 2 is 2.50 bits per heavy atom. The zero-order valence-corrected chi connectivity index (χ0v) is 9.15. The summed E-state index contributed by atoms with van der Waals surface area (Å²) in [5.74, 6) is -0.358. The molecule has 1 unspecified atom stereocenters. The molecule has 16 heavy (non-hydrogen) atoms. The number of aromatic carboxylic acids is 1. The number of anilines is 1. The number of H-pyrrole nitrogens is 1. The smallest absolute Gasteiger partial charge is 0.355 e. The number of nitrogens with zero attached hydrogens (tertiary/aromatic N) is 3. The van der Waals surface area contributed by atoms with Crippen LogP contribution in [0.25, 0.3) is 0 Å². The summed E-state index contributed by atoms with van der Waals surface area (Å²) in [6.07, 6.45) is 1.41. The summed E-state index contributed by atoms with van der Waals surface area (Å²) >= 11 is 1.24. The number of carboxylic acids is 1. The third kappa shape index (κ3) is 2.16. The lowest BCUT2D eigenvalue weighted by Crippen LogP contribution is -2.08. The van der Waals surface area contributed by atoms with Crippen molar-refractivity contribution in [3.63, 3.8) is 0 Å². The quantitative estimate of drug-likeness (QED) is 0.739. The van der Waals surface area contributed by atoms with Crippen molar-refractivity contribution in [1.29, 1.82) is 0 Å². The van der Waals surface area contributed by atoms with Crippen LogP contribution in [0.5, 0.6) is 0 Å². The number of hydrogen-bond acceptors (Lipinski definition) is 6. The largest absolute Gasteiger partial charge is 0.476 e. The van der Waals surface area contributed by atoms with Crippen molar-refractivity contribution >= 4 is 22.4 Å². The van der Waals surface area contributed by atoms with E-state index in [0.29, 0.717) is 11.0 Å². The van der Waals surface area contributed by atoms with Gasteiger partial charge in [0.25, 0.3) is 0 Å². The van der Waals surface area contributed by atoms with Crippen molar-refractivity contribution in [3.8, 4) is 0 Å². The zero-order valence-electron chi connectivity index (χ0n) is 8.34. The molecule has 3 N–H and O–H groups in total. The molecule has 0 radical (unpaired) electrons. The fourth-order valence-electron chi connectivity index (χ4n) is 1.12. The molecule has 0 aliphatic carbocycles. The van der Waals surface area contributed by atoms with Crippen LogP contribution in [-0.2, 0) is 0 Å². The maximum Gasteiger partial charge on any atom is 0.355 e. The standard InChI is InChI=1S/C8H9N5O2S/c1-4(6-9-3-10-13-6)11-8-12-5(2-16-8)7(14)15/h2-4H,1H3,(H,11,12)(H,14,15)(H,9,10,13). The van der Waals surface area contributed by atoms with Crippen molar-refractivity contribution in [3.05, 3.63) is 23.2 Å². The van der Waals surface area contributed by atoms with Crippen LogP contribution in [0.4, 0.5) is 5.13 Å². The van der Waals surface area contributed by atoms with E-state index in [2.05, 4.69) is 25.5 Å². The van der Waals surface area contributed by atoms with Crippen LogP contribution in [-0.4, -0.2) is 31.2 Å². The Hall–Kier alpha value is -1.96. The summed E-state index contributed by atoms with van der Waals surface area (Å²) in [5.41, 5.74) is 0.0391. The molecule has 0 aliphatic heterocycles. The lowest BCUT2D eigenvalue weighted by Gasteiger charge is -2.08. The molecule has 8 heteroatoms. The third-order valence-electron chi connectivity index (χ3n) is 1.91. The van der Waals surface area contributed by atoms with Gasteiger partial charge in [-0.05, 0) is 6.92 Å². The van der Waals surface area contributed by atoms with Crippen molar-refractivity contribution in [1.82, 2.24) is 20.2 Å². The van der Waals surface area contributed by atoms with E-state index in [1.165, 1.54) is 23.0 Å². The van der Waals surface area contributed by atoms with Crippen molar-refractivity contribution in [2.45, 2.75) is 13.0 Å². The van der Waals surface area contributed by atoms with Gasteiger partial charge in [0.1, 0.15) is 12.2 Å². The first-order valence-corrected chi connectivity index (χ1v) is 5.35. The predicted octanol–water partition coefficient (Wildman–Crippen LogP) is 1.13. The Bertz CT molecular complexity index is 480. The summed E-state index contributed by atoms with van der Waals surface area (Å²) in [6, 6.07) is -0.102. The average molecular weight is 239 g/mol. The van der Waals surface area contributed by atoms with E-state index in [-0.39, 0.29) is 11.7 Å². The number of nitrogens with one attached hydrogen (secondary N) is 2. The van der Waals surface area contributed by atoms with Crippen LogP contribution in [0.2, 0.25) is 0 Å². The number of carbonyl (C=O) groups is 1. The molecule has 2 rings (SSSR count). The minimum atomic E-state index is -1.03. The Kier molecular flexibility index (Phi) is 2.82. The van der Waals surface area contributed by atoms with Gasteiger partial charge in [0.2, 0.25) is 0 Å². The van der Waals surface area contributed by atoms with Gasteiger partial charge in [-0.2, -0.15) is 5.10 Å². The van der Waals surface area contributed by atoms with Crippen LogP contribution in [0.1, 0.15) is 29.3 Å². The first-order chi connectivity index (χ1) is 7.66. The first-order valence-electron chi connectivity index (χ1n) is 4.47. The van der Waals surface area contributed by atoms with Crippen molar-refractivity contribution < 1.29 is 9.90 Å². The summed E-state index contributed by atoms with van der Waals surface area (Å²) in [4.78, 5) is 18.5. The Labute approximate surface area is 94.6 Å². The molecule has 0 aliphatic rings.